The topological polar surface area (TPSA) is 56.0 Å². The maximum absolute atomic E-state index is 12.2. The monoisotopic (exact) mass is 242 g/mol. The van der Waals surface area contributed by atoms with Crippen LogP contribution in [0.25, 0.3) is 10.8 Å². The van der Waals surface area contributed by atoms with Crippen LogP contribution in [0.1, 0.15) is 36.0 Å². The van der Waals surface area contributed by atoms with Crippen molar-refractivity contribution in [1.29, 1.82) is 0 Å². The Hall–Kier alpha value is -1.74. The van der Waals surface area contributed by atoms with Crippen molar-refractivity contribution in [3.63, 3.8) is 0 Å². The molecule has 0 saturated carbocycles. The van der Waals surface area contributed by atoms with Crippen LogP contribution in [-0.2, 0) is 0 Å². The van der Waals surface area contributed by atoms with Gasteiger partial charge in [-0.1, -0.05) is 30.7 Å². The largest absolute Gasteiger partial charge is 0.330 e. The van der Waals surface area contributed by atoms with Crippen LogP contribution in [0, 0.1) is 0 Å². The van der Waals surface area contributed by atoms with E-state index in [0.717, 1.165) is 35.6 Å². The molecule has 0 spiro atoms. The lowest BCUT2D eigenvalue weighted by atomic mass is 10.0. The average molecular weight is 242 g/mol. The molecule has 18 heavy (non-hydrogen) atoms. The number of carbonyl (C=O) groups excluding carboxylic acids is 1. The lowest BCUT2D eigenvalue weighted by Crippen LogP contribution is -2.02. The van der Waals surface area contributed by atoms with Gasteiger partial charge in [0.1, 0.15) is 0 Å². The van der Waals surface area contributed by atoms with Crippen molar-refractivity contribution in [2.45, 2.75) is 25.7 Å². The van der Waals surface area contributed by atoms with Crippen molar-refractivity contribution in [2.24, 2.45) is 5.73 Å². The van der Waals surface area contributed by atoms with Gasteiger partial charge in [-0.25, -0.2) is 0 Å². The number of fused-ring (bicyclic) bond motifs is 1. The number of nitrogens with zero attached hydrogens (tertiary/aromatic N) is 1. The van der Waals surface area contributed by atoms with Gasteiger partial charge < -0.3 is 5.73 Å². The first kappa shape index (κ1) is 12.7. The van der Waals surface area contributed by atoms with Gasteiger partial charge in [0.25, 0.3) is 0 Å². The quantitative estimate of drug-likeness (QED) is 0.626. The van der Waals surface area contributed by atoms with E-state index in [0.29, 0.717) is 13.0 Å². The molecule has 0 atom stereocenters. The Bertz CT molecular complexity index is 532. The van der Waals surface area contributed by atoms with E-state index in [-0.39, 0.29) is 5.78 Å². The summed E-state index contributed by atoms with van der Waals surface area (Å²) >= 11 is 0. The normalized spacial score (nSPS) is 10.7. The first-order valence-corrected chi connectivity index (χ1v) is 6.39. The first-order valence-electron chi connectivity index (χ1n) is 6.39. The second-order valence-electron chi connectivity index (χ2n) is 4.43. The predicted octanol–water partition coefficient (Wildman–Crippen LogP) is 2.94. The molecule has 1 aromatic heterocycles. The van der Waals surface area contributed by atoms with E-state index in [2.05, 4.69) is 4.98 Å². The van der Waals surface area contributed by atoms with Crippen molar-refractivity contribution in [2.75, 3.05) is 6.54 Å². The minimum atomic E-state index is 0.177. The van der Waals surface area contributed by atoms with Gasteiger partial charge in [-0.15, -0.1) is 0 Å². The summed E-state index contributed by atoms with van der Waals surface area (Å²) in [5.41, 5.74) is 6.17. The number of nitrogens with two attached hydrogens (primary N) is 1. The average Bonchev–Trinajstić information content (AvgIpc) is 2.43. The fourth-order valence-corrected chi connectivity index (χ4v) is 2.08. The molecule has 0 radical (unpaired) electrons. The zero-order chi connectivity index (χ0) is 12.8. The summed E-state index contributed by atoms with van der Waals surface area (Å²) in [6.45, 7) is 0.698. The van der Waals surface area contributed by atoms with Crippen LogP contribution >= 0.6 is 0 Å². The molecule has 3 nitrogen and oxygen atoms in total. The Labute approximate surface area is 107 Å². The molecular weight excluding hydrogens is 224 g/mol. The number of hydrogen-bond donors (Lipinski definition) is 1. The molecule has 1 heterocycles. The van der Waals surface area contributed by atoms with Gasteiger partial charge in [-0.2, -0.15) is 0 Å². The molecule has 0 aliphatic rings. The molecule has 0 aliphatic carbocycles. The number of pyridine rings is 1. The number of aromatic nitrogens is 1. The van der Waals surface area contributed by atoms with Gasteiger partial charge in [0.05, 0.1) is 0 Å². The maximum atomic E-state index is 12.2. The van der Waals surface area contributed by atoms with Crippen LogP contribution in [0.5, 0.6) is 0 Å². The van der Waals surface area contributed by atoms with Gasteiger partial charge in [0.15, 0.2) is 5.78 Å². The summed E-state index contributed by atoms with van der Waals surface area (Å²) in [6.07, 6.45) is 6.95. The summed E-state index contributed by atoms with van der Waals surface area (Å²) in [5, 5.41) is 2.02. The fourth-order valence-electron chi connectivity index (χ4n) is 2.08. The molecule has 1 aromatic carbocycles. The summed E-state index contributed by atoms with van der Waals surface area (Å²) in [7, 11) is 0. The summed E-state index contributed by atoms with van der Waals surface area (Å²) in [4.78, 5) is 16.3. The Morgan fingerprint density at radius 2 is 1.94 bits per heavy atom. The van der Waals surface area contributed by atoms with Crippen LogP contribution in [0.2, 0.25) is 0 Å². The van der Waals surface area contributed by atoms with Gasteiger partial charge in [0.2, 0.25) is 0 Å². The highest BCUT2D eigenvalue weighted by molar-refractivity contribution is 6.07. The maximum Gasteiger partial charge on any atom is 0.165 e. The Balaban J connectivity index is 2.13. The fraction of sp³-hybridized carbons (Fsp3) is 0.333. The van der Waals surface area contributed by atoms with Crippen LogP contribution < -0.4 is 5.73 Å². The highest BCUT2D eigenvalue weighted by Gasteiger charge is 2.09. The second kappa shape index (κ2) is 6.26. The lowest BCUT2D eigenvalue weighted by Gasteiger charge is -2.05. The smallest absolute Gasteiger partial charge is 0.165 e. The van der Waals surface area contributed by atoms with E-state index >= 15 is 0 Å². The molecule has 3 heteroatoms. The zero-order valence-corrected chi connectivity index (χ0v) is 10.4. The van der Waals surface area contributed by atoms with Gasteiger partial charge >= 0.3 is 0 Å². The summed E-state index contributed by atoms with van der Waals surface area (Å²) in [6, 6.07) is 7.87. The summed E-state index contributed by atoms with van der Waals surface area (Å²) in [5.74, 6) is 0.177. The van der Waals surface area contributed by atoms with E-state index in [4.69, 9.17) is 5.73 Å². The molecule has 0 amide bonds. The number of ketones is 1. The minimum Gasteiger partial charge on any atom is -0.330 e. The van der Waals surface area contributed by atoms with E-state index in [1.165, 1.54) is 0 Å². The molecule has 0 aliphatic heterocycles. The summed E-state index contributed by atoms with van der Waals surface area (Å²) < 4.78 is 0. The van der Waals surface area contributed by atoms with Crippen molar-refractivity contribution < 1.29 is 4.79 Å². The number of benzene rings is 1. The van der Waals surface area contributed by atoms with E-state index in [1.807, 2.05) is 24.3 Å². The highest BCUT2D eigenvalue weighted by atomic mass is 16.1. The van der Waals surface area contributed by atoms with E-state index in [1.54, 1.807) is 12.4 Å². The molecule has 0 unspecified atom stereocenters. The van der Waals surface area contributed by atoms with Crippen LogP contribution in [-0.4, -0.2) is 17.3 Å². The number of Topliss-reactive ketones (excluding diaryl/α,β-unsaturated/α-hetero) is 1. The van der Waals surface area contributed by atoms with Gasteiger partial charge in [0, 0.05) is 29.8 Å². The predicted molar refractivity (Wildman–Crippen MR) is 73.6 cm³/mol. The molecule has 94 valence electrons. The molecular formula is C15H18N2O. The number of unbranched alkanes of at least 4 members (excludes halogenated alkanes) is 2. The van der Waals surface area contributed by atoms with E-state index in [9.17, 15) is 4.79 Å². The molecule has 2 N–H and O–H groups in total. The SMILES string of the molecule is NCCCCCC(=O)c1cncc2ccccc12. The molecule has 0 fully saturated rings. The van der Waals surface area contributed by atoms with Crippen LogP contribution in [0.4, 0.5) is 0 Å². The van der Waals surface area contributed by atoms with Crippen LogP contribution in [0.15, 0.2) is 36.7 Å². The Morgan fingerprint density at radius 1 is 1.11 bits per heavy atom. The van der Waals surface area contributed by atoms with Gasteiger partial charge in [-0.05, 0) is 24.8 Å². The lowest BCUT2D eigenvalue weighted by molar-refractivity contribution is 0.0980. The Kier molecular flexibility index (Phi) is 4.42. The molecule has 2 aromatic rings. The van der Waals surface area contributed by atoms with Crippen molar-refractivity contribution in [3.8, 4) is 0 Å². The van der Waals surface area contributed by atoms with Crippen molar-refractivity contribution >= 4 is 16.6 Å². The van der Waals surface area contributed by atoms with Crippen LogP contribution in [0.3, 0.4) is 0 Å². The minimum absolute atomic E-state index is 0.177. The standard InChI is InChI=1S/C15H18N2O/c16-9-5-1-2-8-15(18)14-11-17-10-12-6-3-4-7-13(12)14/h3-4,6-7,10-11H,1-2,5,8-9,16H2. The van der Waals surface area contributed by atoms with Gasteiger partial charge in [-0.3, -0.25) is 9.78 Å². The Morgan fingerprint density at radius 3 is 2.78 bits per heavy atom. The van der Waals surface area contributed by atoms with Crippen molar-refractivity contribution in [1.82, 2.24) is 4.98 Å². The van der Waals surface area contributed by atoms with E-state index < -0.39 is 0 Å². The number of rotatable bonds is 6. The molecule has 0 bridgehead atoms. The zero-order valence-electron chi connectivity index (χ0n) is 10.4. The third kappa shape index (κ3) is 2.93. The highest BCUT2D eigenvalue weighted by Crippen LogP contribution is 2.19. The third-order valence-electron chi connectivity index (χ3n) is 3.08. The molecule has 0 saturated heterocycles. The number of hydrogen-bond acceptors (Lipinski definition) is 3. The third-order valence-corrected chi connectivity index (χ3v) is 3.08. The molecule has 2 rings (SSSR count). The number of carbonyl (C=O) groups is 1. The van der Waals surface area contributed by atoms with Crippen molar-refractivity contribution in [3.05, 3.63) is 42.2 Å². The first-order chi connectivity index (χ1) is 8.83. The second-order valence-corrected chi connectivity index (χ2v) is 4.43.